The Morgan fingerprint density at radius 3 is 2.25 bits per heavy atom. The number of carbonyl (C=O) groups is 1. The van der Waals surface area contributed by atoms with Gasteiger partial charge in [0, 0.05) is 6.42 Å². The molecule has 0 aliphatic rings. The van der Waals surface area contributed by atoms with Gasteiger partial charge in [-0.25, -0.2) is 17.9 Å². The van der Waals surface area contributed by atoms with Gasteiger partial charge in [0.1, 0.15) is 5.82 Å². The second kappa shape index (κ2) is 7.55. The van der Waals surface area contributed by atoms with Crippen LogP contribution < -0.4 is 10.5 Å². The molecule has 0 aliphatic carbocycles. The Hall–Kier alpha value is -2.25. The fourth-order valence-corrected chi connectivity index (χ4v) is 2.77. The molecule has 5 nitrogen and oxygen atoms in total. The zero-order valence-corrected chi connectivity index (χ0v) is 14.0. The van der Waals surface area contributed by atoms with Crippen molar-refractivity contribution >= 4 is 15.9 Å². The molecule has 0 radical (unpaired) electrons. The first-order chi connectivity index (χ1) is 11.3. The summed E-state index contributed by atoms with van der Waals surface area (Å²) in [4.78, 5) is 12.0. The van der Waals surface area contributed by atoms with Gasteiger partial charge in [0.25, 0.3) is 0 Å². The molecule has 2 aromatic rings. The summed E-state index contributed by atoms with van der Waals surface area (Å²) in [5, 5.41) is 7.88. The van der Waals surface area contributed by atoms with Crippen LogP contribution in [0.2, 0.25) is 0 Å². The lowest BCUT2D eigenvalue weighted by Crippen LogP contribution is -2.26. The second-order valence-corrected chi connectivity index (χ2v) is 7.09. The molecule has 0 aromatic heterocycles. The summed E-state index contributed by atoms with van der Waals surface area (Å²) in [5.74, 6) is -0.456. The maximum absolute atomic E-state index is 12.9. The SMILES string of the molecule is C[C@@H](NC(=O)CCc1ccc(S(N)(=O)=O)cc1)c1ccc(F)cc1. The van der Waals surface area contributed by atoms with Crippen molar-refractivity contribution in [2.45, 2.75) is 30.7 Å². The quantitative estimate of drug-likeness (QED) is 0.837. The van der Waals surface area contributed by atoms with Gasteiger partial charge in [-0.15, -0.1) is 0 Å². The standard InChI is InChI=1S/C17H19FN2O3S/c1-12(14-5-7-15(18)8-6-14)20-17(21)11-4-13-2-9-16(10-3-13)24(19,22)23/h2-3,5-10,12H,4,11H2,1H3,(H,20,21)(H2,19,22,23)/t12-/m1/s1. The van der Waals surface area contributed by atoms with E-state index in [2.05, 4.69) is 5.32 Å². The number of hydrogen-bond acceptors (Lipinski definition) is 3. The van der Waals surface area contributed by atoms with Crippen molar-refractivity contribution < 1.29 is 17.6 Å². The zero-order chi connectivity index (χ0) is 17.7. The van der Waals surface area contributed by atoms with Crippen molar-refractivity contribution in [3.8, 4) is 0 Å². The summed E-state index contributed by atoms with van der Waals surface area (Å²) in [6, 6.07) is 11.9. The van der Waals surface area contributed by atoms with E-state index in [9.17, 15) is 17.6 Å². The molecule has 3 N–H and O–H groups in total. The van der Waals surface area contributed by atoms with Gasteiger partial charge in [-0.3, -0.25) is 4.79 Å². The number of hydrogen-bond donors (Lipinski definition) is 2. The Balaban J connectivity index is 1.87. The minimum Gasteiger partial charge on any atom is -0.350 e. The van der Waals surface area contributed by atoms with Crippen LogP contribution in [0.4, 0.5) is 4.39 Å². The maximum atomic E-state index is 12.9. The topological polar surface area (TPSA) is 89.3 Å². The van der Waals surface area contributed by atoms with E-state index >= 15 is 0 Å². The van der Waals surface area contributed by atoms with E-state index in [0.717, 1.165) is 11.1 Å². The second-order valence-electron chi connectivity index (χ2n) is 5.53. The van der Waals surface area contributed by atoms with E-state index in [1.807, 2.05) is 6.92 Å². The minimum atomic E-state index is -3.71. The Bertz CT molecular complexity index is 803. The van der Waals surface area contributed by atoms with Gasteiger partial charge in [0.05, 0.1) is 10.9 Å². The van der Waals surface area contributed by atoms with Crippen LogP contribution in [-0.2, 0) is 21.2 Å². The zero-order valence-electron chi connectivity index (χ0n) is 13.2. The molecule has 0 unspecified atom stereocenters. The molecule has 0 fully saturated rings. The number of benzene rings is 2. The summed E-state index contributed by atoms with van der Waals surface area (Å²) in [5.41, 5.74) is 1.66. The van der Waals surface area contributed by atoms with E-state index in [0.29, 0.717) is 6.42 Å². The highest BCUT2D eigenvalue weighted by Gasteiger charge is 2.11. The molecular formula is C17H19FN2O3S. The number of halogens is 1. The van der Waals surface area contributed by atoms with Crippen LogP contribution in [0.5, 0.6) is 0 Å². The Morgan fingerprint density at radius 2 is 1.71 bits per heavy atom. The molecule has 2 rings (SSSR count). The van der Waals surface area contributed by atoms with Crippen LogP contribution >= 0.6 is 0 Å². The Morgan fingerprint density at radius 1 is 1.12 bits per heavy atom. The first-order valence-electron chi connectivity index (χ1n) is 7.42. The fraction of sp³-hybridized carbons (Fsp3) is 0.235. The third kappa shape index (κ3) is 5.14. The van der Waals surface area contributed by atoms with Crippen molar-refractivity contribution in [2.24, 2.45) is 5.14 Å². The lowest BCUT2D eigenvalue weighted by Gasteiger charge is -2.14. The van der Waals surface area contributed by atoms with Gasteiger partial charge in [-0.2, -0.15) is 0 Å². The van der Waals surface area contributed by atoms with E-state index in [-0.39, 0.29) is 29.1 Å². The fourth-order valence-electron chi connectivity index (χ4n) is 2.25. The predicted octanol–water partition coefficient (Wildman–Crippen LogP) is 2.28. The maximum Gasteiger partial charge on any atom is 0.238 e. The normalized spacial score (nSPS) is 12.6. The number of aryl methyl sites for hydroxylation is 1. The number of primary sulfonamides is 1. The van der Waals surface area contributed by atoms with E-state index in [1.54, 1.807) is 24.3 Å². The van der Waals surface area contributed by atoms with E-state index in [1.165, 1.54) is 24.3 Å². The summed E-state index contributed by atoms with van der Waals surface area (Å²) < 4.78 is 35.2. The van der Waals surface area contributed by atoms with Gasteiger partial charge in [0.2, 0.25) is 15.9 Å². The third-order valence-electron chi connectivity index (χ3n) is 3.64. The lowest BCUT2D eigenvalue weighted by atomic mass is 10.1. The number of rotatable bonds is 6. The van der Waals surface area contributed by atoms with Crippen LogP contribution in [0.15, 0.2) is 53.4 Å². The van der Waals surface area contributed by atoms with Crippen molar-refractivity contribution in [2.75, 3.05) is 0 Å². The van der Waals surface area contributed by atoms with Gasteiger partial charge < -0.3 is 5.32 Å². The number of nitrogens with one attached hydrogen (secondary N) is 1. The van der Waals surface area contributed by atoms with Gasteiger partial charge in [-0.05, 0) is 48.7 Å². The van der Waals surface area contributed by atoms with Crippen LogP contribution in [-0.4, -0.2) is 14.3 Å². The number of sulfonamides is 1. The van der Waals surface area contributed by atoms with E-state index in [4.69, 9.17) is 5.14 Å². The molecule has 0 saturated heterocycles. The minimum absolute atomic E-state index is 0.0423. The average molecular weight is 350 g/mol. The number of amides is 1. The molecule has 128 valence electrons. The van der Waals surface area contributed by atoms with Crippen molar-refractivity contribution in [3.05, 3.63) is 65.5 Å². The van der Waals surface area contributed by atoms with Crippen LogP contribution in [0.25, 0.3) is 0 Å². The molecule has 0 aliphatic heterocycles. The van der Waals surface area contributed by atoms with Crippen LogP contribution in [0.3, 0.4) is 0 Å². The Kier molecular flexibility index (Phi) is 5.69. The van der Waals surface area contributed by atoms with Crippen LogP contribution in [0.1, 0.15) is 30.5 Å². The largest absolute Gasteiger partial charge is 0.350 e. The van der Waals surface area contributed by atoms with Crippen molar-refractivity contribution in [1.29, 1.82) is 0 Å². The summed E-state index contributed by atoms with van der Waals surface area (Å²) in [7, 11) is -3.71. The molecule has 0 heterocycles. The van der Waals surface area contributed by atoms with E-state index < -0.39 is 10.0 Å². The summed E-state index contributed by atoms with van der Waals surface area (Å²) >= 11 is 0. The van der Waals surface area contributed by atoms with Crippen molar-refractivity contribution in [3.63, 3.8) is 0 Å². The highest BCUT2D eigenvalue weighted by Crippen LogP contribution is 2.14. The molecule has 0 bridgehead atoms. The van der Waals surface area contributed by atoms with Gasteiger partial charge in [-0.1, -0.05) is 24.3 Å². The molecule has 0 saturated carbocycles. The number of nitrogens with two attached hydrogens (primary N) is 1. The predicted molar refractivity (Wildman–Crippen MR) is 89.1 cm³/mol. The van der Waals surface area contributed by atoms with Gasteiger partial charge in [0.15, 0.2) is 0 Å². The molecule has 1 amide bonds. The summed E-state index contributed by atoms with van der Waals surface area (Å²) in [6.07, 6.45) is 0.743. The third-order valence-corrected chi connectivity index (χ3v) is 4.57. The average Bonchev–Trinajstić information content (AvgIpc) is 2.53. The molecule has 2 aromatic carbocycles. The first kappa shape index (κ1) is 18.1. The molecule has 24 heavy (non-hydrogen) atoms. The highest BCUT2D eigenvalue weighted by molar-refractivity contribution is 7.89. The molecule has 0 spiro atoms. The monoisotopic (exact) mass is 350 g/mol. The molecule has 7 heteroatoms. The van der Waals surface area contributed by atoms with Crippen molar-refractivity contribution in [1.82, 2.24) is 5.32 Å². The smallest absolute Gasteiger partial charge is 0.238 e. The highest BCUT2D eigenvalue weighted by atomic mass is 32.2. The lowest BCUT2D eigenvalue weighted by molar-refractivity contribution is -0.121. The van der Waals surface area contributed by atoms with Crippen LogP contribution in [0, 0.1) is 5.82 Å². The molecule has 1 atom stereocenters. The number of carbonyl (C=O) groups excluding carboxylic acids is 1. The molecular weight excluding hydrogens is 331 g/mol. The summed E-state index contributed by atoms with van der Waals surface area (Å²) in [6.45, 7) is 1.83. The first-order valence-corrected chi connectivity index (χ1v) is 8.97. The Labute approximate surface area is 140 Å². The van der Waals surface area contributed by atoms with Gasteiger partial charge >= 0.3 is 0 Å².